The van der Waals surface area contributed by atoms with Gasteiger partial charge in [0.1, 0.15) is 0 Å². The van der Waals surface area contributed by atoms with Gasteiger partial charge in [-0.05, 0) is 33.2 Å². The largest absolute Gasteiger partial charge is 0.392 e. The third-order valence-corrected chi connectivity index (χ3v) is 3.02. The van der Waals surface area contributed by atoms with Crippen molar-refractivity contribution in [1.29, 1.82) is 0 Å². The van der Waals surface area contributed by atoms with Crippen molar-refractivity contribution in [2.75, 3.05) is 20.2 Å². The SMILES string of the molecule is COC1CCCN(C(C)C(C)O)C1. The van der Waals surface area contributed by atoms with Gasteiger partial charge in [0.2, 0.25) is 0 Å². The van der Waals surface area contributed by atoms with Crippen LogP contribution in [0.2, 0.25) is 0 Å². The number of methoxy groups -OCH3 is 1. The minimum atomic E-state index is -0.254. The third-order valence-electron chi connectivity index (χ3n) is 3.02. The lowest BCUT2D eigenvalue weighted by molar-refractivity contribution is -0.00967. The lowest BCUT2D eigenvalue weighted by atomic mass is 10.0. The molecule has 1 aliphatic rings. The summed E-state index contributed by atoms with van der Waals surface area (Å²) < 4.78 is 5.33. The number of likely N-dealkylation sites (tertiary alicyclic amines) is 1. The second kappa shape index (κ2) is 4.94. The van der Waals surface area contributed by atoms with Gasteiger partial charge in [0, 0.05) is 19.7 Å². The van der Waals surface area contributed by atoms with E-state index < -0.39 is 0 Å². The summed E-state index contributed by atoms with van der Waals surface area (Å²) in [5.74, 6) is 0. The Morgan fingerprint density at radius 2 is 2.15 bits per heavy atom. The molecule has 13 heavy (non-hydrogen) atoms. The molecule has 0 aliphatic carbocycles. The lowest BCUT2D eigenvalue weighted by Gasteiger charge is -2.37. The molecule has 1 rings (SSSR count). The maximum atomic E-state index is 9.45. The quantitative estimate of drug-likeness (QED) is 0.711. The number of hydrogen-bond donors (Lipinski definition) is 1. The van der Waals surface area contributed by atoms with Crippen molar-refractivity contribution in [3.63, 3.8) is 0 Å². The monoisotopic (exact) mass is 187 g/mol. The summed E-state index contributed by atoms with van der Waals surface area (Å²) >= 11 is 0. The van der Waals surface area contributed by atoms with Crippen LogP contribution in [0, 0.1) is 0 Å². The molecule has 0 amide bonds. The summed E-state index contributed by atoms with van der Waals surface area (Å²) in [4.78, 5) is 2.31. The number of aliphatic hydroxyl groups excluding tert-OH is 1. The molecule has 1 fully saturated rings. The van der Waals surface area contributed by atoms with E-state index >= 15 is 0 Å². The van der Waals surface area contributed by atoms with Crippen LogP contribution in [0.3, 0.4) is 0 Å². The Labute approximate surface area is 80.7 Å². The number of nitrogens with zero attached hydrogens (tertiary/aromatic N) is 1. The molecule has 1 heterocycles. The fourth-order valence-corrected chi connectivity index (χ4v) is 1.83. The molecule has 3 atom stereocenters. The zero-order valence-electron chi connectivity index (χ0n) is 8.86. The van der Waals surface area contributed by atoms with Crippen molar-refractivity contribution in [1.82, 2.24) is 4.90 Å². The highest BCUT2D eigenvalue weighted by molar-refractivity contribution is 4.79. The van der Waals surface area contributed by atoms with Crippen LogP contribution in [-0.4, -0.2) is 48.5 Å². The predicted molar refractivity (Wildman–Crippen MR) is 52.7 cm³/mol. The van der Waals surface area contributed by atoms with Gasteiger partial charge in [-0.15, -0.1) is 0 Å². The molecular weight excluding hydrogens is 166 g/mol. The number of hydrogen-bond acceptors (Lipinski definition) is 3. The molecule has 0 aromatic rings. The zero-order valence-corrected chi connectivity index (χ0v) is 8.86. The predicted octanol–water partition coefficient (Wildman–Crippen LogP) is 0.867. The molecule has 0 spiro atoms. The van der Waals surface area contributed by atoms with Gasteiger partial charge in [-0.1, -0.05) is 0 Å². The Bertz CT molecular complexity index is 150. The normalized spacial score (nSPS) is 30.0. The van der Waals surface area contributed by atoms with Gasteiger partial charge in [0.25, 0.3) is 0 Å². The highest BCUT2D eigenvalue weighted by atomic mass is 16.5. The summed E-state index contributed by atoms with van der Waals surface area (Å²) in [5, 5.41) is 9.45. The molecule has 0 aromatic carbocycles. The van der Waals surface area contributed by atoms with E-state index in [1.165, 1.54) is 6.42 Å². The van der Waals surface area contributed by atoms with Crippen LogP contribution in [0.5, 0.6) is 0 Å². The van der Waals surface area contributed by atoms with Crippen LogP contribution in [0.25, 0.3) is 0 Å². The number of aliphatic hydroxyl groups is 1. The van der Waals surface area contributed by atoms with Crippen LogP contribution < -0.4 is 0 Å². The van der Waals surface area contributed by atoms with Crippen molar-refractivity contribution in [3.8, 4) is 0 Å². The molecule has 0 saturated carbocycles. The molecule has 3 nitrogen and oxygen atoms in total. The van der Waals surface area contributed by atoms with Crippen molar-refractivity contribution in [2.24, 2.45) is 0 Å². The minimum absolute atomic E-state index is 0.248. The van der Waals surface area contributed by atoms with E-state index in [4.69, 9.17) is 4.74 Å². The van der Waals surface area contributed by atoms with Crippen molar-refractivity contribution in [2.45, 2.75) is 44.9 Å². The van der Waals surface area contributed by atoms with Crippen molar-refractivity contribution < 1.29 is 9.84 Å². The fraction of sp³-hybridized carbons (Fsp3) is 1.00. The first-order chi connectivity index (χ1) is 6.15. The average molecular weight is 187 g/mol. The lowest BCUT2D eigenvalue weighted by Crippen LogP contribution is -2.47. The first-order valence-electron chi connectivity index (χ1n) is 5.10. The van der Waals surface area contributed by atoms with Crippen LogP contribution in [-0.2, 0) is 4.74 Å². The Morgan fingerprint density at radius 1 is 1.46 bits per heavy atom. The standard InChI is InChI=1S/C10H21NO2/c1-8(9(2)12)11-6-4-5-10(7-11)13-3/h8-10,12H,4-7H2,1-3H3. The van der Waals surface area contributed by atoms with Gasteiger partial charge >= 0.3 is 0 Å². The molecular formula is C10H21NO2. The fourth-order valence-electron chi connectivity index (χ4n) is 1.83. The first kappa shape index (κ1) is 11.0. The van der Waals surface area contributed by atoms with Crippen molar-refractivity contribution >= 4 is 0 Å². The summed E-state index contributed by atoms with van der Waals surface area (Å²) in [7, 11) is 1.77. The van der Waals surface area contributed by atoms with Gasteiger partial charge in [-0.3, -0.25) is 4.90 Å². The van der Waals surface area contributed by atoms with E-state index in [0.29, 0.717) is 6.10 Å². The zero-order chi connectivity index (χ0) is 9.84. The van der Waals surface area contributed by atoms with Crippen LogP contribution in [0.15, 0.2) is 0 Å². The molecule has 78 valence electrons. The maximum Gasteiger partial charge on any atom is 0.0698 e. The minimum Gasteiger partial charge on any atom is -0.392 e. The highest BCUT2D eigenvalue weighted by Gasteiger charge is 2.25. The molecule has 0 bridgehead atoms. The maximum absolute atomic E-state index is 9.45. The topological polar surface area (TPSA) is 32.7 Å². The van der Waals surface area contributed by atoms with E-state index in [-0.39, 0.29) is 12.1 Å². The first-order valence-corrected chi connectivity index (χ1v) is 5.10. The Hall–Kier alpha value is -0.120. The molecule has 3 unspecified atom stereocenters. The number of piperidine rings is 1. The Balaban J connectivity index is 2.41. The van der Waals surface area contributed by atoms with Gasteiger partial charge in [-0.25, -0.2) is 0 Å². The van der Waals surface area contributed by atoms with Gasteiger partial charge in [0.15, 0.2) is 0 Å². The second-order valence-corrected chi connectivity index (χ2v) is 3.98. The van der Waals surface area contributed by atoms with E-state index in [9.17, 15) is 5.11 Å². The smallest absolute Gasteiger partial charge is 0.0698 e. The molecule has 1 N–H and O–H groups in total. The summed E-state index contributed by atoms with van der Waals surface area (Å²) in [6, 6.07) is 0.248. The van der Waals surface area contributed by atoms with Crippen LogP contribution in [0.4, 0.5) is 0 Å². The third kappa shape index (κ3) is 2.93. The number of rotatable bonds is 3. The summed E-state index contributed by atoms with van der Waals surface area (Å²) in [5.41, 5.74) is 0. The highest BCUT2D eigenvalue weighted by Crippen LogP contribution is 2.16. The average Bonchev–Trinajstić information content (AvgIpc) is 2.16. The molecule has 3 heteroatoms. The molecule has 1 saturated heterocycles. The Morgan fingerprint density at radius 3 is 2.69 bits per heavy atom. The second-order valence-electron chi connectivity index (χ2n) is 3.98. The van der Waals surface area contributed by atoms with E-state index in [1.807, 2.05) is 6.92 Å². The van der Waals surface area contributed by atoms with E-state index in [1.54, 1.807) is 7.11 Å². The van der Waals surface area contributed by atoms with E-state index in [0.717, 1.165) is 19.5 Å². The van der Waals surface area contributed by atoms with Gasteiger partial charge in [0.05, 0.1) is 12.2 Å². The van der Waals surface area contributed by atoms with Crippen molar-refractivity contribution in [3.05, 3.63) is 0 Å². The summed E-state index contributed by atoms with van der Waals surface area (Å²) in [6.45, 7) is 5.97. The van der Waals surface area contributed by atoms with Gasteiger partial charge in [-0.2, -0.15) is 0 Å². The molecule has 1 aliphatic heterocycles. The summed E-state index contributed by atoms with van der Waals surface area (Å²) in [6.07, 6.45) is 2.43. The van der Waals surface area contributed by atoms with Gasteiger partial charge < -0.3 is 9.84 Å². The van der Waals surface area contributed by atoms with Crippen LogP contribution >= 0.6 is 0 Å². The van der Waals surface area contributed by atoms with Crippen LogP contribution in [0.1, 0.15) is 26.7 Å². The molecule has 0 radical (unpaired) electrons. The Kier molecular flexibility index (Phi) is 4.16. The van der Waals surface area contributed by atoms with E-state index in [2.05, 4.69) is 11.8 Å². The number of ether oxygens (including phenoxy) is 1. The molecule has 0 aromatic heterocycles.